The zero-order valence-electron chi connectivity index (χ0n) is 18.8. The number of rotatable bonds is 6. The van der Waals surface area contributed by atoms with Crippen LogP contribution >= 0.6 is 11.6 Å². The number of nitrogens with one attached hydrogen (secondary N) is 1. The number of amides is 2. The van der Waals surface area contributed by atoms with Crippen LogP contribution in [0.3, 0.4) is 0 Å². The third kappa shape index (κ3) is 4.30. The summed E-state index contributed by atoms with van der Waals surface area (Å²) >= 11 is 6.27. The summed E-state index contributed by atoms with van der Waals surface area (Å²) in [6.07, 6.45) is 0. The quantitative estimate of drug-likeness (QED) is 0.516. The van der Waals surface area contributed by atoms with Crippen LogP contribution in [0.4, 0.5) is 17.1 Å². The number of ether oxygens (including phenoxy) is 1. The van der Waals surface area contributed by atoms with Crippen molar-refractivity contribution in [2.75, 3.05) is 36.3 Å². The normalized spacial score (nSPS) is 13.5. The molecule has 0 atom stereocenters. The molecule has 0 saturated carbocycles. The highest BCUT2D eigenvalue weighted by atomic mass is 35.5. The summed E-state index contributed by atoms with van der Waals surface area (Å²) in [5.41, 5.74) is 4.18. The van der Waals surface area contributed by atoms with Gasteiger partial charge >= 0.3 is 0 Å². The summed E-state index contributed by atoms with van der Waals surface area (Å²) in [6, 6.07) is 19.9. The second-order valence-electron chi connectivity index (χ2n) is 7.95. The monoisotopic (exact) mass is 461 g/mol. The van der Waals surface area contributed by atoms with Crippen molar-refractivity contribution in [1.29, 1.82) is 0 Å². The number of carbonyl (C=O) groups is 2. The van der Waals surface area contributed by atoms with Gasteiger partial charge in [-0.1, -0.05) is 47.5 Å². The number of benzene rings is 3. The maximum atomic E-state index is 13.6. The lowest BCUT2D eigenvalue weighted by Gasteiger charge is -2.19. The van der Waals surface area contributed by atoms with Gasteiger partial charge in [0.25, 0.3) is 11.8 Å². The number of nitrogens with zero attached hydrogens (tertiary/aromatic N) is 2. The van der Waals surface area contributed by atoms with E-state index in [0.717, 1.165) is 11.3 Å². The summed E-state index contributed by atoms with van der Waals surface area (Å²) in [5, 5.41) is 3.53. The lowest BCUT2D eigenvalue weighted by molar-refractivity contribution is -0.120. The van der Waals surface area contributed by atoms with Crippen LogP contribution in [0, 0.1) is 6.92 Å². The number of aryl methyl sites for hydroxylation is 1. The van der Waals surface area contributed by atoms with Crippen LogP contribution in [0.5, 0.6) is 5.75 Å². The van der Waals surface area contributed by atoms with Gasteiger partial charge in [-0.15, -0.1) is 0 Å². The molecule has 4 rings (SSSR count). The topological polar surface area (TPSA) is 61.9 Å². The summed E-state index contributed by atoms with van der Waals surface area (Å²) in [4.78, 5) is 30.3. The fourth-order valence-corrected chi connectivity index (χ4v) is 3.92. The highest BCUT2D eigenvalue weighted by Gasteiger charge is 2.40. The number of methoxy groups -OCH3 is 1. The average Bonchev–Trinajstić information content (AvgIpc) is 3.04. The van der Waals surface area contributed by atoms with E-state index in [4.69, 9.17) is 16.3 Å². The van der Waals surface area contributed by atoms with Crippen molar-refractivity contribution in [3.05, 3.63) is 88.6 Å². The Morgan fingerprint density at radius 1 is 0.939 bits per heavy atom. The molecule has 1 aliphatic heterocycles. The molecule has 0 radical (unpaired) electrons. The number of imide groups is 1. The van der Waals surface area contributed by atoms with Gasteiger partial charge in [-0.25, -0.2) is 4.90 Å². The number of hydrogen-bond acceptors (Lipinski definition) is 5. The summed E-state index contributed by atoms with van der Waals surface area (Å²) in [7, 11) is 5.34. The molecule has 0 aliphatic carbocycles. The predicted molar refractivity (Wildman–Crippen MR) is 133 cm³/mol. The zero-order valence-corrected chi connectivity index (χ0v) is 19.6. The molecule has 0 saturated heterocycles. The Bertz CT molecular complexity index is 1270. The molecule has 3 aromatic carbocycles. The third-order valence-electron chi connectivity index (χ3n) is 5.45. The first-order valence-electron chi connectivity index (χ1n) is 10.4. The molecule has 3 aromatic rings. The van der Waals surface area contributed by atoms with Crippen LogP contribution in [0.25, 0.3) is 5.57 Å². The van der Waals surface area contributed by atoms with Crippen LogP contribution < -0.4 is 19.9 Å². The maximum Gasteiger partial charge on any atom is 0.282 e. The molecule has 168 valence electrons. The van der Waals surface area contributed by atoms with Crippen LogP contribution in [0.15, 0.2) is 72.4 Å². The first-order chi connectivity index (χ1) is 15.8. The van der Waals surface area contributed by atoms with E-state index >= 15 is 0 Å². The number of hydrogen-bond donors (Lipinski definition) is 1. The van der Waals surface area contributed by atoms with E-state index in [0.29, 0.717) is 33.3 Å². The van der Waals surface area contributed by atoms with Gasteiger partial charge in [0.05, 0.1) is 23.4 Å². The van der Waals surface area contributed by atoms with E-state index < -0.39 is 5.91 Å². The van der Waals surface area contributed by atoms with Crippen LogP contribution in [0.2, 0.25) is 5.02 Å². The molecule has 0 bridgehead atoms. The Labute approximate surface area is 198 Å². The van der Waals surface area contributed by atoms with Gasteiger partial charge in [0.15, 0.2) is 0 Å². The van der Waals surface area contributed by atoms with Gasteiger partial charge in [-0.3, -0.25) is 9.59 Å². The molecule has 1 heterocycles. The third-order valence-corrected chi connectivity index (χ3v) is 5.74. The van der Waals surface area contributed by atoms with Gasteiger partial charge in [0, 0.05) is 25.5 Å². The van der Waals surface area contributed by atoms with E-state index in [2.05, 4.69) is 5.32 Å². The summed E-state index contributed by atoms with van der Waals surface area (Å²) in [6.45, 7) is 1.97. The molecule has 6 nitrogen and oxygen atoms in total. The van der Waals surface area contributed by atoms with Gasteiger partial charge in [0.2, 0.25) is 0 Å². The molecular formula is C26H24ClN3O3. The minimum atomic E-state index is -0.432. The SMILES string of the molecule is COc1ccc(NC2=C(c3ccc(C)cc3)C(=O)N(c3cccc(N(C)C)c3)C2=O)cc1Cl. The smallest absolute Gasteiger partial charge is 0.282 e. The first kappa shape index (κ1) is 22.4. The lowest BCUT2D eigenvalue weighted by atomic mass is 10.0. The molecule has 0 aromatic heterocycles. The van der Waals surface area contributed by atoms with Crippen molar-refractivity contribution in [3.63, 3.8) is 0 Å². The highest BCUT2D eigenvalue weighted by Crippen LogP contribution is 2.36. The van der Waals surface area contributed by atoms with E-state index in [-0.39, 0.29) is 11.6 Å². The predicted octanol–water partition coefficient (Wildman–Crippen LogP) is 5.12. The highest BCUT2D eigenvalue weighted by molar-refractivity contribution is 6.46. The van der Waals surface area contributed by atoms with Gasteiger partial charge in [-0.05, 0) is 48.9 Å². The summed E-state index contributed by atoms with van der Waals surface area (Å²) in [5.74, 6) is -0.300. The van der Waals surface area contributed by atoms with Crippen molar-refractivity contribution in [3.8, 4) is 5.75 Å². The Morgan fingerprint density at radius 2 is 1.67 bits per heavy atom. The molecule has 33 heavy (non-hydrogen) atoms. The van der Waals surface area contributed by atoms with Crippen LogP contribution in [0.1, 0.15) is 11.1 Å². The summed E-state index contributed by atoms with van der Waals surface area (Å²) < 4.78 is 5.21. The van der Waals surface area contributed by atoms with Crippen molar-refractivity contribution < 1.29 is 14.3 Å². The zero-order chi connectivity index (χ0) is 23.7. The Hall–Kier alpha value is -3.77. The first-order valence-corrected chi connectivity index (χ1v) is 10.8. The molecule has 1 N–H and O–H groups in total. The molecule has 1 aliphatic rings. The average molecular weight is 462 g/mol. The molecule has 0 fully saturated rings. The van der Waals surface area contributed by atoms with Gasteiger partial charge < -0.3 is 15.0 Å². The van der Waals surface area contributed by atoms with Crippen molar-refractivity contribution >= 4 is 46.1 Å². The van der Waals surface area contributed by atoms with Crippen LogP contribution in [-0.4, -0.2) is 33.0 Å². The number of anilines is 3. The molecule has 0 unspecified atom stereocenters. The van der Waals surface area contributed by atoms with E-state index in [1.165, 1.54) is 12.0 Å². The minimum Gasteiger partial charge on any atom is -0.495 e. The Balaban J connectivity index is 1.80. The molecule has 2 amide bonds. The van der Waals surface area contributed by atoms with E-state index in [1.54, 1.807) is 24.3 Å². The fraction of sp³-hybridized carbons (Fsp3) is 0.154. The van der Waals surface area contributed by atoms with Crippen LogP contribution in [-0.2, 0) is 9.59 Å². The molecule has 0 spiro atoms. The second-order valence-corrected chi connectivity index (χ2v) is 8.36. The lowest BCUT2D eigenvalue weighted by Crippen LogP contribution is -2.32. The van der Waals surface area contributed by atoms with Crippen molar-refractivity contribution in [2.45, 2.75) is 6.92 Å². The van der Waals surface area contributed by atoms with E-state index in [1.807, 2.05) is 68.4 Å². The van der Waals surface area contributed by atoms with Gasteiger partial charge in [0.1, 0.15) is 11.4 Å². The molecule has 7 heteroatoms. The number of halogens is 1. The minimum absolute atomic E-state index is 0.195. The number of carbonyl (C=O) groups excluding carboxylic acids is 2. The Kier molecular flexibility index (Phi) is 6.11. The maximum absolute atomic E-state index is 13.6. The Morgan fingerprint density at radius 3 is 2.30 bits per heavy atom. The van der Waals surface area contributed by atoms with Crippen molar-refractivity contribution in [1.82, 2.24) is 0 Å². The van der Waals surface area contributed by atoms with Gasteiger partial charge in [-0.2, -0.15) is 0 Å². The van der Waals surface area contributed by atoms with E-state index in [9.17, 15) is 9.59 Å². The standard InChI is InChI=1S/C26H24ClN3O3/c1-16-8-10-17(11-9-16)23-24(28-18-12-13-22(33-4)21(27)14-18)26(32)30(25(23)31)20-7-5-6-19(15-20)29(2)3/h5-15,28H,1-4H3. The fourth-order valence-electron chi connectivity index (χ4n) is 3.67. The molecular weight excluding hydrogens is 438 g/mol. The largest absolute Gasteiger partial charge is 0.495 e. The second kappa shape index (κ2) is 9.00. The van der Waals surface area contributed by atoms with Crippen molar-refractivity contribution in [2.24, 2.45) is 0 Å².